The molecular weight excluding hydrogens is 166 g/mol. The predicted octanol–water partition coefficient (Wildman–Crippen LogP) is 0.779. The summed E-state index contributed by atoms with van der Waals surface area (Å²) in [6.07, 6.45) is 4.24. The molecule has 1 spiro atoms. The molecule has 0 bridgehead atoms. The molecule has 4 nitrogen and oxygen atoms in total. The summed E-state index contributed by atoms with van der Waals surface area (Å²) in [5.41, 5.74) is 0.198. The van der Waals surface area contributed by atoms with Crippen LogP contribution in [0.2, 0.25) is 0 Å². The third kappa shape index (κ3) is 1.21. The Labute approximate surface area is 76.9 Å². The summed E-state index contributed by atoms with van der Waals surface area (Å²) in [6.45, 7) is 2.85. The van der Waals surface area contributed by atoms with Gasteiger partial charge in [-0.3, -0.25) is 5.10 Å². The average molecular weight is 179 g/mol. The van der Waals surface area contributed by atoms with Crippen LogP contribution in [0.5, 0.6) is 0 Å². The van der Waals surface area contributed by atoms with Crippen molar-refractivity contribution in [3.8, 4) is 0 Å². The molecule has 70 valence electrons. The van der Waals surface area contributed by atoms with E-state index < -0.39 is 0 Å². The zero-order valence-electron chi connectivity index (χ0n) is 7.49. The van der Waals surface area contributed by atoms with Crippen LogP contribution in [0.25, 0.3) is 0 Å². The number of rotatable bonds is 1. The summed E-state index contributed by atoms with van der Waals surface area (Å²) in [6, 6.07) is 2.02. The summed E-state index contributed by atoms with van der Waals surface area (Å²) in [7, 11) is 0. The first-order valence-corrected chi connectivity index (χ1v) is 4.76. The van der Waals surface area contributed by atoms with Gasteiger partial charge in [-0.2, -0.15) is 5.10 Å². The fourth-order valence-corrected chi connectivity index (χ4v) is 1.92. The van der Waals surface area contributed by atoms with Gasteiger partial charge in [0.1, 0.15) is 5.82 Å². The van der Waals surface area contributed by atoms with Gasteiger partial charge in [0, 0.05) is 19.2 Å². The Kier molecular flexibility index (Phi) is 1.41. The third-order valence-corrected chi connectivity index (χ3v) is 2.88. The van der Waals surface area contributed by atoms with Crippen molar-refractivity contribution < 1.29 is 4.74 Å². The summed E-state index contributed by atoms with van der Waals surface area (Å²) in [5.74, 6) is 1.12. The van der Waals surface area contributed by atoms with Gasteiger partial charge in [0.2, 0.25) is 0 Å². The lowest BCUT2D eigenvalue weighted by molar-refractivity contribution is 0.0204. The molecule has 0 amide bonds. The van der Waals surface area contributed by atoms with E-state index in [1.165, 1.54) is 12.8 Å². The second kappa shape index (κ2) is 2.48. The molecule has 1 aliphatic heterocycles. The molecule has 1 aromatic heterocycles. The number of nitrogens with one attached hydrogen (secondary N) is 1. The molecule has 0 radical (unpaired) electrons. The molecule has 0 aromatic carbocycles. The first-order valence-electron chi connectivity index (χ1n) is 4.76. The van der Waals surface area contributed by atoms with E-state index in [0.717, 1.165) is 25.5 Å². The highest BCUT2D eigenvalue weighted by atomic mass is 16.5. The van der Waals surface area contributed by atoms with Crippen LogP contribution in [-0.4, -0.2) is 35.5 Å². The van der Waals surface area contributed by atoms with Gasteiger partial charge in [-0.25, -0.2) is 0 Å². The second-order valence-corrected chi connectivity index (χ2v) is 3.89. The molecule has 4 heteroatoms. The van der Waals surface area contributed by atoms with Gasteiger partial charge in [0.05, 0.1) is 18.4 Å². The number of hydrogen-bond acceptors (Lipinski definition) is 3. The van der Waals surface area contributed by atoms with Gasteiger partial charge in [-0.15, -0.1) is 0 Å². The maximum Gasteiger partial charge on any atom is 0.124 e. The highest BCUT2D eigenvalue weighted by molar-refractivity contribution is 5.38. The van der Waals surface area contributed by atoms with Gasteiger partial charge in [0.15, 0.2) is 0 Å². The van der Waals surface area contributed by atoms with E-state index in [1.807, 2.05) is 6.07 Å². The van der Waals surface area contributed by atoms with E-state index in [0.29, 0.717) is 0 Å². The topological polar surface area (TPSA) is 41.1 Å². The average Bonchev–Trinajstić information content (AvgIpc) is 2.73. The molecule has 2 aliphatic rings. The molecule has 1 aromatic rings. The molecule has 1 saturated carbocycles. The number of aromatic amines is 1. The summed E-state index contributed by atoms with van der Waals surface area (Å²) >= 11 is 0. The zero-order valence-corrected chi connectivity index (χ0v) is 7.49. The van der Waals surface area contributed by atoms with E-state index in [9.17, 15) is 0 Å². The summed E-state index contributed by atoms with van der Waals surface area (Å²) < 4.78 is 5.73. The minimum Gasteiger partial charge on any atom is -0.371 e. The fraction of sp³-hybridized carbons (Fsp3) is 0.667. The smallest absolute Gasteiger partial charge is 0.124 e. The van der Waals surface area contributed by atoms with Crippen molar-refractivity contribution in [1.29, 1.82) is 0 Å². The number of aromatic nitrogens is 2. The van der Waals surface area contributed by atoms with Crippen LogP contribution in [-0.2, 0) is 4.74 Å². The lowest BCUT2D eigenvalue weighted by Crippen LogP contribution is -2.44. The van der Waals surface area contributed by atoms with Gasteiger partial charge in [0.25, 0.3) is 0 Å². The number of nitrogens with zero attached hydrogens (tertiary/aromatic N) is 2. The van der Waals surface area contributed by atoms with E-state index in [-0.39, 0.29) is 5.60 Å². The lowest BCUT2D eigenvalue weighted by atomic mass is 10.2. The molecule has 1 N–H and O–H groups in total. The Balaban J connectivity index is 1.78. The highest BCUT2D eigenvalue weighted by Crippen LogP contribution is 2.42. The standard InChI is InChI=1S/C9H13N3O/c1-4-10-11-8(1)12-5-6-13-9(7-12)2-3-9/h1,4H,2-3,5-7H2,(H,10,11). The predicted molar refractivity (Wildman–Crippen MR) is 48.7 cm³/mol. The zero-order chi connectivity index (χ0) is 8.73. The van der Waals surface area contributed by atoms with E-state index in [2.05, 4.69) is 15.1 Å². The molecular formula is C9H13N3O. The molecule has 13 heavy (non-hydrogen) atoms. The minimum atomic E-state index is 0.198. The molecule has 3 rings (SSSR count). The van der Waals surface area contributed by atoms with Crippen molar-refractivity contribution in [2.45, 2.75) is 18.4 Å². The van der Waals surface area contributed by atoms with Crippen LogP contribution in [0, 0.1) is 0 Å². The molecule has 1 saturated heterocycles. The molecule has 0 unspecified atom stereocenters. The van der Waals surface area contributed by atoms with Gasteiger partial charge in [-0.05, 0) is 12.8 Å². The van der Waals surface area contributed by atoms with Crippen molar-refractivity contribution in [3.63, 3.8) is 0 Å². The van der Waals surface area contributed by atoms with E-state index >= 15 is 0 Å². The summed E-state index contributed by atoms with van der Waals surface area (Å²) in [4.78, 5) is 2.32. The van der Waals surface area contributed by atoms with Crippen molar-refractivity contribution >= 4 is 5.82 Å². The first-order chi connectivity index (χ1) is 6.38. The number of ether oxygens (including phenoxy) is 1. The molecule has 2 fully saturated rings. The van der Waals surface area contributed by atoms with Gasteiger partial charge in [-0.1, -0.05) is 0 Å². The number of morpholine rings is 1. The SMILES string of the molecule is c1cc(N2CCOC3(CC3)C2)[nH]n1. The van der Waals surface area contributed by atoms with Crippen LogP contribution >= 0.6 is 0 Å². The van der Waals surface area contributed by atoms with Crippen LogP contribution in [0.4, 0.5) is 5.82 Å². The highest BCUT2D eigenvalue weighted by Gasteiger charge is 2.47. The van der Waals surface area contributed by atoms with Crippen LogP contribution < -0.4 is 4.90 Å². The minimum absolute atomic E-state index is 0.198. The Bertz CT molecular complexity index is 292. The molecule has 2 heterocycles. The van der Waals surface area contributed by atoms with Crippen LogP contribution in [0.15, 0.2) is 12.3 Å². The van der Waals surface area contributed by atoms with Crippen molar-refractivity contribution in [2.75, 3.05) is 24.6 Å². The van der Waals surface area contributed by atoms with Crippen LogP contribution in [0.3, 0.4) is 0 Å². The summed E-state index contributed by atoms with van der Waals surface area (Å²) in [5, 5.41) is 6.95. The second-order valence-electron chi connectivity index (χ2n) is 3.89. The largest absolute Gasteiger partial charge is 0.371 e. The normalized spacial score (nSPS) is 25.1. The third-order valence-electron chi connectivity index (χ3n) is 2.88. The lowest BCUT2D eigenvalue weighted by Gasteiger charge is -2.33. The Morgan fingerprint density at radius 2 is 2.46 bits per heavy atom. The van der Waals surface area contributed by atoms with E-state index in [1.54, 1.807) is 6.20 Å². The fourth-order valence-electron chi connectivity index (χ4n) is 1.92. The maximum absolute atomic E-state index is 5.73. The van der Waals surface area contributed by atoms with Crippen molar-refractivity contribution in [1.82, 2.24) is 10.2 Å². The van der Waals surface area contributed by atoms with Gasteiger partial charge >= 0.3 is 0 Å². The molecule has 0 atom stereocenters. The maximum atomic E-state index is 5.73. The van der Waals surface area contributed by atoms with Crippen LogP contribution in [0.1, 0.15) is 12.8 Å². The number of anilines is 1. The number of H-pyrrole nitrogens is 1. The van der Waals surface area contributed by atoms with Crippen molar-refractivity contribution in [2.24, 2.45) is 0 Å². The Morgan fingerprint density at radius 3 is 3.15 bits per heavy atom. The quantitative estimate of drug-likeness (QED) is 0.692. The Morgan fingerprint density at radius 1 is 1.54 bits per heavy atom. The molecule has 1 aliphatic carbocycles. The van der Waals surface area contributed by atoms with Crippen molar-refractivity contribution in [3.05, 3.63) is 12.3 Å². The first kappa shape index (κ1) is 7.38. The van der Waals surface area contributed by atoms with Gasteiger partial charge < -0.3 is 9.64 Å². The monoisotopic (exact) mass is 179 g/mol. The van der Waals surface area contributed by atoms with E-state index in [4.69, 9.17) is 4.74 Å². The Hall–Kier alpha value is -1.03. The number of hydrogen-bond donors (Lipinski definition) is 1.